The van der Waals surface area contributed by atoms with E-state index >= 15 is 0 Å². The summed E-state index contributed by atoms with van der Waals surface area (Å²) in [6.07, 6.45) is 0. The van der Waals surface area contributed by atoms with Crippen LogP contribution in [0, 0.1) is 10.5 Å². The second-order valence-electron chi connectivity index (χ2n) is 2.94. The Morgan fingerprint density at radius 3 is 2.62 bits per heavy atom. The van der Waals surface area contributed by atoms with E-state index in [0.29, 0.717) is 5.56 Å². The molecule has 0 bridgehead atoms. The van der Waals surface area contributed by atoms with Crippen molar-refractivity contribution in [2.24, 2.45) is 0 Å². The number of Topliss-reactive ketones (excluding diaryl/α,β-unsaturated/α-hetero) is 1. The molecule has 0 N–H and O–H groups in total. The van der Waals surface area contributed by atoms with E-state index in [0.717, 1.165) is 9.13 Å². The first-order chi connectivity index (χ1) is 6.02. The fourth-order valence-corrected chi connectivity index (χ4v) is 1.49. The number of hydrogen-bond donors (Lipinski definition) is 0. The Labute approximate surface area is 96.6 Å². The van der Waals surface area contributed by atoms with Gasteiger partial charge in [0.05, 0.1) is 5.38 Å². The standard InChI is InChI=1S/C10H10ClIO/c1-6-5-8(3-4-9(6)12)10(13)7(2)11/h3-5,7H,1-2H3. The van der Waals surface area contributed by atoms with Crippen LogP contribution in [0.5, 0.6) is 0 Å². The third-order valence-corrected chi connectivity index (χ3v) is 3.21. The summed E-state index contributed by atoms with van der Waals surface area (Å²) in [6.45, 7) is 3.68. The molecule has 0 aliphatic rings. The zero-order valence-electron chi connectivity index (χ0n) is 7.47. The van der Waals surface area contributed by atoms with E-state index in [4.69, 9.17) is 11.6 Å². The molecule has 70 valence electrons. The number of ketones is 1. The first kappa shape index (κ1) is 11.0. The summed E-state index contributed by atoms with van der Waals surface area (Å²) in [5.74, 6) is -0.0128. The molecule has 0 fully saturated rings. The second-order valence-corrected chi connectivity index (χ2v) is 4.76. The Hall–Kier alpha value is -0.0900. The molecule has 3 heteroatoms. The summed E-state index contributed by atoms with van der Waals surface area (Å²) in [6, 6.07) is 5.63. The summed E-state index contributed by atoms with van der Waals surface area (Å²) in [5, 5.41) is -0.445. The minimum absolute atomic E-state index is 0.0128. The molecular formula is C10H10ClIO. The Bertz CT molecular complexity index is 334. The van der Waals surface area contributed by atoms with Crippen molar-refractivity contribution >= 4 is 40.0 Å². The van der Waals surface area contributed by atoms with Gasteiger partial charge in [-0.3, -0.25) is 4.79 Å². The molecule has 0 saturated heterocycles. The number of carbonyl (C=O) groups excluding carboxylic acids is 1. The van der Waals surface area contributed by atoms with Crippen molar-refractivity contribution in [3.8, 4) is 0 Å². The van der Waals surface area contributed by atoms with Gasteiger partial charge in [0.1, 0.15) is 0 Å². The Kier molecular flexibility index (Phi) is 3.74. The van der Waals surface area contributed by atoms with Crippen molar-refractivity contribution in [1.29, 1.82) is 0 Å². The Balaban J connectivity index is 3.04. The van der Waals surface area contributed by atoms with Crippen LogP contribution in [0.4, 0.5) is 0 Å². The van der Waals surface area contributed by atoms with E-state index in [1.54, 1.807) is 6.92 Å². The van der Waals surface area contributed by atoms with Gasteiger partial charge in [-0.25, -0.2) is 0 Å². The summed E-state index contributed by atoms with van der Waals surface area (Å²) in [4.78, 5) is 11.5. The highest BCUT2D eigenvalue weighted by atomic mass is 127. The SMILES string of the molecule is Cc1cc(C(=O)C(C)Cl)ccc1I. The zero-order valence-corrected chi connectivity index (χ0v) is 10.4. The molecule has 0 spiro atoms. The largest absolute Gasteiger partial charge is 0.293 e. The van der Waals surface area contributed by atoms with E-state index in [-0.39, 0.29) is 5.78 Å². The van der Waals surface area contributed by atoms with Gasteiger partial charge in [0.2, 0.25) is 0 Å². The average Bonchev–Trinajstić information content (AvgIpc) is 2.08. The van der Waals surface area contributed by atoms with Gasteiger partial charge in [0, 0.05) is 9.13 Å². The lowest BCUT2D eigenvalue weighted by Crippen LogP contribution is -2.10. The third kappa shape index (κ3) is 2.68. The maximum atomic E-state index is 11.5. The predicted molar refractivity (Wildman–Crippen MR) is 63.5 cm³/mol. The van der Waals surface area contributed by atoms with Crippen molar-refractivity contribution in [3.63, 3.8) is 0 Å². The monoisotopic (exact) mass is 308 g/mol. The fraction of sp³-hybridized carbons (Fsp3) is 0.300. The van der Waals surface area contributed by atoms with Gasteiger partial charge in [-0.15, -0.1) is 11.6 Å². The topological polar surface area (TPSA) is 17.1 Å². The molecule has 0 saturated carbocycles. The maximum absolute atomic E-state index is 11.5. The van der Waals surface area contributed by atoms with Gasteiger partial charge in [-0.2, -0.15) is 0 Å². The number of hydrogen-bond acceptors (Lipinski definition) is 1. The second kappa shape index (κ2) is 4.42. The normalized spacial score (nSPS) is 12.6. The number of aryl methyl sites for hydroxylation is 1. The van der Waals surface area contributed by atoms with E-state index in [1.807, 2.05) is 25.1 Å². The Morgan fingerprint density at radius 1 is 1.54 bits per heavy atom. The van der Waals surface area contributed by atoms with E-state index < -0.39 is 5.38 Å². The molecule has 0 aliphatic heterocycles. The number of rotatable bonds is 2. The zero-order chi connectivity index (χ0) is 10.0. The average molecular weight is 309 g/mol. The van der Waals surface area contributed by atoms with E-state index in [1.165, 1.54) is 0 Å². The lowest BCUT2D eigenvalue weighted by atomic mass is 10.1. The first-order valence-electron chi connectivity index (χ1n) is 3.97. The lowest BCUT2D eigenvalue weighted by molar-refractivity contribution is 0.0991. The molecule has 1 aromatic rings. The summed E-state index contributed by atoms with van der Waals surface area (Å²) in [5.41, 5.74) is 1.81. The van der Waals surface area contributed by atoms with Gasteiger partial charge < -0.3 is 0 Å². The van der Waals surface area contributed by atoms with Crippen LogP contribution in [-0.2, 0) is 0 Å². The van der Waals surface area contributed by atoms with Gasteiger partial charge in [0.15, 0.2) is 5.78 Å². The van der Waals surface area contributed by atoms with E-state index in [9.17, 15) is 4.79 Å². The molecule has 0 radical (unpaired) electrons. The molecule has 0 amide bonds. The molecule has 1 rings (SSSR count). The molecule has 1 atom stereocenters. The third-order valence-electron chi connectivity index (χ3n) is 1.80. The van der Waals surface area contributed by atoms with Crippen LogP contribution in [0.15, 0.2) is 18.2 Å². The summed E-state index contributed by atoms with van der Waals surface area (Å²) in [7, 11) is 0. The lowest BCUT2D eigenvalue weighted by Gasteiger charge is -2.04. The Morgan fingerprint density at radius 2 is 2.15 bits per heavy atom. The van der Waals surface area contributed by atoms with Crippen molar-refractivity contribution < 1.29 is 4.79 Å². The molecular weight excluding hydrogens is 298 g/mol. The van der Waals surface area contributed by atoms with Crippen molar-refractivity contribution in [3.05, 3.63) is 32.9 Å². The van der Waals surface area contributed by atoms with E-state index in [2.05, 4.69) is 22.6 Å². The highest BCUT2D eigenvalue weighted by Gasteiger charge is 2.12. The highest BCUT2D eigenvalue weighted by molar-refractivity contribution is 14.1. The number of halogens is 2. The van der Waals surface area contributed by atoms with Crippen LogP contribution in [0.25, 0.3) is 0 Å². The van der Waals surface area contributed by atoms with Gasteiger partial charge in [-0.05, 0) is 54.1 Å². The van der Waals surface area contributed by atoms with Crippen LogP contribution >= 0.6 is 34.2 Å². The summed E-state index contributed by atoms with van der Waals surface area (Å²) < 4.78 is 1.16. The molecule has 0 aromatic heterocycles. The van der Waals surface area contributed by atoms with Crippen LogP contribution < -0.4 is 0 Å². The number of carbonyl (C=O) groups is 1. The van der Waals surface area contributed by atoms with Crippen LogP contribution in [0.2, 0.25) is 0 Å². The van der Waals surface area contributed by atoms with Gasteiger partial charge in [0.25, 0.3) is 0 Å². The minimum Gasteiger partial charge on any atom is -0.293 e. The van der Waals surface area contributed by atoms with Crippen LogP contribution in [0.1, 0.15) is 22.8 Å². The minimum atomic E-state index is -0.445. The number of alkyl halides is 1. The fourth-order valence-electron chi connectivity index (χ4n) is 1.03. The molecule has 1 nitrogen and oxygen atoms in total. The molecule has 1 unspecified atom stereocenters. The first-order valence-corrected chi connectivity index (χ1v) is 5.48. The molecule has 0 aliphatic carbocycles. The molecule has 1 aromatic carbocycles. The van der Waals surface area contributed by atoms with Crippen molar-refractivity contribution in [2.45, 2.75) is 19.2 Å². The van der Waals surface area contributed by atoms with Crippen molar-refractivity contribution in [2.75, 3.05) is 0 Å². The van der Waals surface area contributed by atoms with Gasteiger partial charge >= 0.3 is 0 Å². The number of benzene rings is 1. The predicted octanol–water partition coefficient (Wildman–Crippen LogP) is 3.41. The maximum Gasteiger partial charge on any atom is 0.180 e. The van der Waals surface area contributed by atoms with Crippen LogP contribution in [0.3, 0.4) is 0 Å². The summed E-state index contributed by atoms with van der Waals surface area (Å²) >= 11 is 7.94. The van der Waals surface area contributed by atoms with Crippen molar-refractivity contribution in [1.82, 2.24) is 0 Å². The molecule has 13 heavy (non-hydrogen) atoms. The highest BCUT2D eigenvalue weighted by Crippen LogP contribution is 2.15. The van der Waals surface area contributed by atoms with Gasteiger partial charge in [-0.1, -0.05) is 6.07 Å². The quantitative estimate of drug-likeness (QED) is 0.465. The molecule has 0 heterocycles. The smallest absolute Gasteiger partial charge is 0.180 e. The van der Waals surface area contributed by atoms with Crippen LogP contribution in [-0.4, -0.2) is 11.2 Å².